The fraction of sp³-hybridized carbons (Fsp3) is 0.450. The third-order valence-corrected chi connectivity index (χ3v) is 5.02. The summed E-state index contributed by atoms with van der Waals surface area (Å²) in [5, 5.41) is 15.1. The van der Waals surface area contributed by atoms with Gasteiger partial charge in [-0.25, -0.2) is 4.79 Å². The van der Waals surface area contributed by atoms with Crippen LogP contribution < -0.4 is 10.6 Å². The van der Waals surface area contributed by atoms with Gasteiger partial charge in [0.25, 0.3) is 5.91 Å². The van der Waals surface area contributed by atoms with E-state index in [1.165, 1.54) is 18.4 Å². The predicted octanol–water partition coefficient (Wildman–Crippen LogP) is 2.63. The van der Waals surface area contributed by atoms with E-state index in [0.29, 0.717) is 22.5 Å². The fourth-order valence-corrected chi connectivity index (χ4v) is 3.46. The average molecular weight is 388 g/mol. The van der Waals surface area contributed by atoms with Gasteiger partial charge in [0.1, 0.15) is 11.3 Å². The Kier molecular flexibility index (Phi) is 6.18. The second-order valence-corrected chi connectivity index (χ2v) is 7.17. The van der Waals surface area contributed by atoms with Gasteiger partial charge < -0.3 is 19.6 Å². The molecule has 8 heteroatoms. The first-order valence-corrected chi connectivity index (χ1v) is 9.37. The molecule has 0 aliphatic heterocycles. The summed E-state index contributed by atoms with van der Waals surface area (Å²) in [5.41, 5.74) is 1.04. The first-order valence-electron chi connectivity index (χ1n) is 9.37. The van der Waals surface area contributed by atoms with Crippen LogP contribution >= 0.6 is 0 Å². The van der Waals surface area contributed by atoms with Gasteiger partial charge in [-0.3, -0.25) is 14.9 Å². The normalized spacial score (nSPS) is 19.2. The molecule has 3 rings (SSSR count). The quantitative estimate of drug-likeness (QED) is 0.678. The van der Waals surface area contributed by atoms with Crippen molar-refractivity contribution in [2.24, 2.45) is 5.92 Å². The van der Waals surface area contributed by atoms with E-state index in [-0.39, 0.29) is 18.2 Å². The van der Waals surface area contributed by atoms with Crippen molar-refractivity contribution in [2.75, 3.05) is 6.61 Å². The number of nitrogens with one attached hydrogen (secondary N) is 2. The van der Waals surface area contributed by atoms with E-state index in [2.05, 4.69) is 17.6 Å². The highest BCUT2D eigenvalue weighted by molar-refractivity contribution is 5.96. The number of phenols is 1. The first kappa shape index (κ1) is 19.7. The van der Waals surface area contributed by atoms with E-state index < -0.39 is 24.5 Å². The summed E-state index contributed by atoms with van der Waals surface area (Å²) in [6.45, 7) is 1.54. The van der Waals surface area contributed by atoms with Crippen LogP contribution in [-0.4, -0.2) is 35.7 Å². The van der Waals surface area contributed by atoms with Gasteiger partial charge in [0, 0.05) is 23.1 Å². The first-order chi connectivity index (χ1) is 13.4. The summed E-state index contributed by atoms with van der Waals surface area (Å²) in [6.07, 6.45) is 5.49. The molecule has 1 aliphatic rings. The second kappa shape index (κ2) is 8.77. The van der Waals surface area contributed by atoms with Crippen molar-refractivity contribution in [3.05, 3.63) is 30.0 Å². The zero-order valence-corrected chi connectivity index (χ0v) is 15.7. The van der Waals surface area contributed by atoms with E-state index in [9.17, 15) is 19.5 Å². The number of hydrogen-bond donors (Lipinski definition) is 3. The number of hydrogen-bond acceptors (Lipinski definition) is 6. The van der Waals surface area contributed by atoms with Crippen molar-refractivity contribution in [3.8, 4) is 5.75 Å². The smallest absolute Gasteiger partial charge is 0.321 e. The monoisotopic (exact) mass is 388 g/mol. The molecular weight excluding hydrogens is 364 g/mol. The summed E-state index contributed by atoms with van der Waals surface area (Å²) < 4.78 is 10.2. The molecule has 1 aliphatic carbocycles. The molecule has 1 aromatic carbocycles. The number of carbonyl (C=O) groups excluding carboxylic acids is 3. The molecule has 150 valence electrons. The van der Waals surface area contributed by atoms with Crippen LogP contribution in [0.4, 0.5) is 4.79 Å². The fourth-order valence-electron chi connectivity index (χ4n) is 3.46. The van der Waals surface area contributed by atoms with E-state index in [0.717, 1.165) is 25.7 Å². The molecular formula is C20H24N2O6. The molecule has 2 atom stereocenters. The summed E-state index contributed by atoms with van der Waals surface area (Å²) in [5.74, 6) is -0.865. The topological polar surface area (TPSA) is 118 Å². The highest BCUT2D eigenvalue weighted by Crippen LogP contribution is 2.25. The van der Waals surface area contributed by atoms with Crippen molar-refractivity contribution >= 4 is 28.9 Å². The van der Waals surface area contributed by atoms with Crippen LogP contribution in [0, 0.1) is 5.92 Å². The number of furan rings is 1. The van der Waals surface area contributed by atoms with Crippen LogP contribution in [0.1, 0.15) is 38.2 Å². The lowest BCUT2D eigenvalue weighted by atomic mass is 9.86. The van der Waals surface area contributed by atoms with Crippen LogP contribution in [0.25, 0.3) is 11.0 Å². The van der Waals surface area contributed by atoms with Crippen molar-refractivity contribution < 1.29 is 28.6 Å². The number of carbonyl (C=O) groups is 3. The zero-order chi connectivity index (χ0) is 20.1. The largest absolute Gasteiger partial charge is 0.508 e. The SMILES string of the molecule is C[C@H]1CCCC[C@@H]1NC(=O)NC(=O)COC(=O)Cc1coc2cc(O)ccc12. The minimum atomic E-state index is -0.684. The maximum absolute atomic E-state index is 12.0. The van der Waals surface area contributed by atoms with Gasteiger partial charge >= 0.3 is 12.0 Å². The number of urea groups is 1. The second-order valence-electron chi connectivity index (χ2n) is 7.17. The van der Waals surface area contributed by atoms with E-state index >= 15 is 0 Å². The van der Waals surface area contributed by atoms with Gasteiger partial charge in [0.2, 0.25) is 0 Å². The van der Waals surface area contributed by atoms with Gasteiger partial charge in [-0.2, -0.15) is 0 Å². The number of aromatic hydroxyl groups is 1. The molecule has 28 heavy (non-hydrogen) atoms. The lowest BCUT2D eigenvalue weighted by Crippen LogP contribution is -2.48. The van der Waals surface area contributed by atoms with Crippen LogP contribution in [0.15, 0.2) is 28.9 Å². The van der Waals surface area contributed by atoms with Gasteiger partial charge in [0.15, 0.2) is 6.61 Å². The molecule has 0 radical (unpaired) electrons. The summed E-state index contributed by atoms with van der Waals surface area (Å²) in [6, 6.07) is 4.06. The number of phenolic OH excluding ortho intramolecular Hbond substituents is 1. The van der Waals surface area contributed by atoms with Crippen molar-refractivity contribution in [1.29, 1.82) is 0 Å². The number of amides is 3. The third kappa shape index (κ3) is 5.03. The molecule has 0 spiro atoms. The minimum absolute atomic E-state index is 0.0536. The van der Waals surface area contributed by atoms with Crippen LogP contribution in [0.3, 0.4) is 0 Å². The Balaban J connectivity index is 1.43. The standard InChI is InChI=1S/C20H24N2O6/c1-12-4-2-3-5-16(12)21-20(26)22-18(24)11-28-19(25)8-13-10-27-17-9-14(23)6-7-15(13)17/h6-7,9-10,12,16,23H,2-5,8,11H2,1H3,(H2,21,22,24,26)/t12-,16-/m0/s1. The Morgan fingerprint density at radius 1 is 1.25 bits per heavy atom. The molecule has 0 saturated heterocycles. The van der Waals surface area contributed by atoms with Crippen LogP contribution in [0.2, 0.25) is 0 Å². The third-order valence-electron chi connectivity index (χ3n) is 5.02. The highest BCUT2D eigenvalue weighted by atomic mass is 16.5. The van der Waals surface area contributed by atoms with E-state index in [4.69, 9.17) is 9.15 Å². The van der Waals surface area contributed by atoms with E-state index in [1.54, 1.807) is 6.07 Å². The molecule has 1 fully saturated rings. The van der Waals surface area contributed by atoms with E-state index in [1.807, 2.05) is 0 Å². The Bertz CT molecular complexity index is 875. The van der Waals surface area contributed by atoms with Crippen molar-refractivity contribution in [3.63, 3.8) is 0 Å². The molecule has 1 saturated carbocycles. The number of esters is 1. The molecule has 1 heterocycles. The van der Waals surface area contributed by atoms with Gasteiger partial charge in [-0.15, -0.1) is 0 Å². The average Bonchev–Trinajstić information content (AvgIpc) is 3.03. The molecule has 0 bridgehead atoms. The Labute approximate surface area is 162 Å². The van der Waals surface area contributed by atoms with Gasteiger partial charge in [-0.1, -0.05) is 19.8 Å². The number of rotatable bonds is 5. The summed E-state index contributed by atoms with van der Waals surface area (Å²) in [4.78, 5) is 35.7. The molecule has 2 aromatic rings. The maximum atomic E-state index is 12.0. The van der Waals surface area contributed by atoms with Gasteiger partial charge in [0.05, 0.1) is 12.7 Å². The number of ether oxygens (including phenoxy) is 1. The minimum Gasteiger partial charge on any atom is -0.508 e. The van der Waals surface area contributed by atoms with Crippen LogP contribution in [0.5, 0.6) is 5.75 Å². The van der Waals surface area contributed by atoms with Crippen molar-refractivity contribution in [2.45, 2.75) is 45.1 Å². The predicted molar refractivity (Wildman–Crippen MR) is 101 cm³/mol. The molecule has 3 amide bonds. The molecule has 3 N–H and O–H groups in total. The number of benzene rings is 1. The molecule has 1 aromatic heterocycles. The Morgan fingerprint density at radius 3 is 2.82 bits per heavy atom. The lowest BCUT2D eigenvalue weighted by molar-refractivity contribution is -0.147. The summed E-state index contributed by atoms with van der Waals surface area (Å²) >= 11 is 0. The maximum Gasteiger partial charge on any atom is 0.321 e. The van der Waals surface area contributed by atoms with Crippen LogP contribution in [-0.2, 0) is 20.7 Å². The van der Waals surface area contributed by atoms with Gasteiger partial charge in [-0.05, 0) is 30.9 Å². The van der Waals surface area contributed by atoms with Crippen molar-refractivity contribution in [1.82, 2.24) is 10.6 Å². The highest BCUT2D eigenvalue weighted by Gasteiger charge is 2.23. The Morgan fingerprint density at radius 2 is 2.04 bits per heavy atom. The molecule has 0 unspecified atom stereocenters. The number of imide groups is 1. The Hall–Kier alpha value is -3.03. The lowest BCUT2D eigenvalue weighted by Gasteiger charge is -2.29. The summed E-state index contributed by atoms with van der Waals surface area (Å²) in [7, 11) is 0. The molecule has 8 nitrogen and oxygen atoms in total. The number of fused-ring (bicyclic) bond motifs is 1. The zero-order valence-electron chi connectivity index (χ0n) is 15.7.